The molecule has 1 aliphatic carbocycles. The Bertz CT molecular complexity index is 1400. The molecule has 178 valence electrons. The molecule has 3 aromatic carbocycles. The summed E-state index contributed by atoms with van der Waals surface area (Å²) < 4.78 is 6.28. The van der Waals surface area contributed by atoms with E-state index in [9.17, 15) is 9.59 Å². The highest BCUT2D eigenvalue weighted by atomic mass is 16.5. The van der Waals surface area contributed by atoms with Gasteiger partial charge in [0.2, 0.25) is 0 Å². The lowest BCUT2D eigenvalue weighted by atomic mass is 9.99. The largest absolute Gasteiger partial charge is 0.457 e. The van der Waals surface area contributed by atoms with Crippen LogP contribution >= 0.6 is 0 Å². The summed E-state index contributed by atoms with van der Waals surface area (Å²) >= 11 is 0. The highest BCUT2D eigenvalue weighted by Crippen LogP contribution is 2.46. The zero-order valence-corrected chi connectivity index (χ0v) is 20.2. The summed E-state index contributed by atoms with van der Waals surface area (Å²) in [5, 5.41) is 4.59. The van der Waals surface area contributed by atoms with Crippen molar-refractivity contribution in [3.8, 4) is 11.5 Å². The Morgan fingerprint density at radius 3 is 2.54 bits per heavy atom. The SMILES string of the molecule is CCCC(N)NC(=O)C1=C2C(=NC1=O)c1cccc3c(Oc4ccc(C(C)CC)cc4)ccc2c13. The van der Waals surface area contributed by atoms with E-state index in [1.165, 1.54) is 5.56 Å². The lowest BCUT2D eigenvalue weighted by molar-refractivity contribution is -0.122. The van der Waals surface area contributed by atoms with Crippen LogP contribution in [0.15, 0.2) is 65.2 Å². The number of nitrogens with one attached hydrogen (secondary N) is 1. The van der Waals surface area contributed by atoms with Crippen LogP contribution in [0, 0.1) is 0 Å². The number of nitrogens with two attached hydrogens (primary N) is 1. The number of rotatable bonds is 8. The zero-order chi connectivity index (χ0) is 24.7. The Balaban J connectivity index is 1.54. The summed E-state index contributed by atoms with van der Waals surface area (Å²) in [5.41, 5.74) is 10.1. The van der Waals surface area contributed by atoms with Crippen LogP contribution in [0.2, 0.25) is 0 Å². The average molecular weight is 468 g/mol. The van der Waals surface area contributed by atoms with Crippen molar-refractivity contribution >= 4 is 33.9 Å². The monoisotopic (exact) mass is 467 g/mol. The third-order valence-corrected chi connectivity index (χ3v) is 6.87. The van der Waals surface area contributed by atoms with Crippen LogP contribution in [-0.4, -0.2) is 23.7 Å². The molecule has 6 nitrogen and oxygen atoms in total. The van der Waals surface area contributed by atoms with Crippen LogP contribution < -0.4 is 15.8 Å². The molecular weight excluding hydrogens is 438 g/mol. The van der Waals surface area contributed by atoms with E-state index in [-0.39, 0.29) is 5.57 Å². The third kappa shape index (κ3) is 3.94. The second kappa shape index (κ2) is 9.12. The summed E-state index contributed by atoms with van der Waals surface area (Å²) in [6.07, 6.45) is 2.04. The quantitative estimate of drug-likeness (QED) is 0.341. The molecule has 0 fully saturated rings. The fraction of sp³-hybridized carbons (Fsp3) is 0.276. The normalized spacial score (nSPS) is 15.8. The van der Waals surface area contributed by atoms with Gasteiger partial charge in [-0.05, 0) is 54.2 Å². The first-order chi connectivity index (χ1) is 16.9. The standard InChI is InChI=1S/C29H29N3O3/c1-4-7-23(30)31-28(33)26-25-20-14-15-22(35-18-12-10-17(11-13-18)16(3)5-2)19-8-6-9-21(24(19)20)27(25)32-29(26)34/h6,8-16,23H,4-5,7,30H2,1-3H3,(H,31,33). The molecule has 0 saturated heterocycles. The van der Waals surface area contributed by atoms with E-state index in [0.29, 0.717) is 29.4 Å². The number of ether oxygens (including phenoxy) is 1. The van der Waals surface area contributed by atoms with E-state index >= 15 is 0 Å². The maximum atomic E-state index is 13.0. The predicted molar refractivity (Wildman–Crippen MR) is 139 cm³/mol. The fourth-order valence-electron chi connectivity index (χ4n) is 4.83. The second-order valence-electron chi connectivity index (χ2n) is 9.20. The number of hydrogen-bond acceptors (Lipinski definition) is 4. The van der Waals surface area contributed by atoms with Crippen LogP contribution in [-0.2, 0) is 9.59 Å². The number of benzene rings is 3. The topological polar surface area (TPSA) is 93.8 Å². The van der Waals surface area contributed by atoms with Gasteiger partial charge in [0.15, 0.2) is 0 Å². The van der Waals surface area contributed by atoms with Gasteiger partial charge >= 0.3 is 0 Å². The summed E-state index contributed by atoms with van der Waals surface area (Å²) in [7, 11) is 0. The van der Waals surface area contributed by atoms with Gasteiger partial charge in [0, 0.05) is 21.9 Å². The molecule has 0 saturated carbocycles. The van der Waals surface area contributed by atoms with Gasteiger partial charge in [-0.25, -0.2) is 4.99 Å². The Kier molecular flexibility index (Phi) is 5.99. The molecule has 0 spiro atoms. The van der Waals surface area contributed by atoms with E-state index < -0.39 is 18.0 Å². The smallest absolute Gasteiger partial charge is 0.283 e. The molecule has 1 aliphatic heterocycles. The number of aliphatic imine (C=N–C) groups is 1. The molecular formula is C29H29N3O3. The Morgan fingerprint density at radius 1 is 1.06 bits per heavy atom. The van der Waals surface area contributed by atoms with Crippen molar-refractivity contribution in [1.82, 2.24) is 5.32 Å². The van der Waals surface area contributed by atoms with Crippen molar-refractivity contribution in [2.24, 2.45) is 10.7 Å². The van der Waals surface area contributed by atoms with E-state index in [1.54, 1.807) is 0 Å². The summed E-state index contributed by atoms with van der Waals surface area (Å²) in [5.74, 6) is 0.964. The van der Waals surface area contributed by atoms with Crippen molar-refractivity contribution in [3.05, 3.63) is 76.9 Å². The molecule has 2 atom stereocenters. The van der Waals surface area contributed by atoms with Gasteiger partial charge in [-0.15, -0.1) is 0 Å². The van der Waals surface area contributed by atoms with Crippen LogP contribution in [0.4, 0.5) is 0 Å². The molecule has 2 aliphatic rings. The summed E-state index contributed by atoms with van der Waals surface area (Å²) in [6, 6.07) is 17.8. The van der Waals surface area contributed by atoms with Gasteiger partial charge in [0.1, 0.15) is 17.1 Å². The summed E-state index contributed by atoms with van der Waals surface area (Å²) in [4.78, 5) is 30.0. The van der Waals surface area contributed by atoms with Crippen LogP contribution in [0.5, 0.6) is 11.5 Å². The van der Waals surface area contributed by atoms with Crippen molar-refractivity contribution in [2.45, 2.75) is 52.1 Å². The van der Waals surface area contributed by atoms with Gasteiger partial charge < -0.3 is 15.8 Å². The first kappa shape index (κ1) is 23.0. The van der Waals surface area contributed by atoms with Crippen LogP contribution in [0.25, 0.3) is 16.3 Å². The second-order valence-corrected chi connectivity index (χ2v) is 9.20. The van der Waals surface area contributed by atoms with E-state index in [1.807, 2.05) is 49.4 Å². The van der Waals surface area contributed by atoms with Gasteiger partial charge in [-0.1, -0.05) is 57.5 Å². The molecule has 0 radical (unpaired) electrons. The van der Waals surface area contributed by atoms with Crippen molar-refractivity contribution < 1.29 is 14.3 Å². The minimum Gasteiger partial charge on any atom is -0.457 e. The number of amides is 2. The molecule has 3 aromatic rings. The molecule has 0 aromatic heterocycles. The molecule has 2 unspecified atom stereocenters. The minimum atomic E-state index is -0.527. The molecule has 3 N–H and O–H groups in total. The van der Waals surface area contributed by atoms with Crippen molar-refractivity contribution in [1.29, 1.82) is 0 Å². The maximum Gasteiger partial charge on any atom is 0.283 e. The number of nitrogens with zero attached hydrogens (tertiary/aromatic N) is 1. The van der Waals surface area contributed by atoms with Crippen LogP contribution in [0.1, 0.15) is 62.6 Å². The number of carbonyl (C=O) groups excluding carboxylic acids is 2. The zero-order valence-electron chi connectivity index (χ0n) is 20.2. The van der Waals surface area contributed by atoms with E-state index in [0.717, 1.165) is 40.5 Å². The lowest BCUT2D eigenvalue weighted by Gasteiger charge is -2.14. The highest BCUT2D eigenvalue weighted by molar-refractivity contribution is 6.53. The Morgan fingerprint density at radius 2 is 1.83 bits per heavy atom. The lowest BCUT2D eigenvalue weighted by Crippen LogP contribution is -2.42. The molecule has 0 bridgehead atoms. The number of allylic oxidation sites excluding steroid dienone is 1. The molecule has 6 heteroatoms. The Labute approximate surface area is 204 Å². The first-order valence-corrected chi connectivity index (χ1v) is 12.2. The van der Waals surface area contributed by atoms with Crippen molar-refractivity contribution in [3.63, 3.8) is 0 Å². The maximum absolute atomic E-state index is 13.0. The first-order valence-electron chi connectivity index (χ1n) is 12.2. The minimum absolute atomic E-state index is 0.0540. The number of fused-ring (bicyclic) bond motifs is 3. The highest BCUT2D eigenvalue weighted by Gasteiger charge is 2.39. The van der Waals surface area contributed by atoms with Gasteiger partial charge in [-0.2, -0.15) is 0 Å². The average Bonchev–Trinajstić information content (AvgIpc) is 3.35. The number of carbonyl (C=O) groups is 2. The molecule has 35 heavy (non-hydrogen) atoms. The third-order valence-electron chi connectivity index (χ3n) is 6.87. The van der Waals surface area contributed by atoms with Gasteiger partial charge in [-0.3, -0.25) is 9.59 Å². The molecule has 2 amide bonds. The van der Waals surface area contributed by atoms with E-state index in [2.05, 4.69) is 36.3 Å². The fourth-order valence-corrected chi connectivity index (χ4v) is 4.83. The van der Waals surface area contributed by atoms with E-state index in [4.69, 9.17) is 10.5 Å². The molecule has 5 rings (SSSR count). The van der Waals surface area contributed by atoms with Gasteiger partial charge in [0.05, 0.1) is 11.9 Å². The van der Waals surface area contributed by atoms with Crippen LogP contribution in [0.3, 0.4) is 0 Å². The van der Waals surface area contributed by atoms with Crippen molar-refractivity contribution in [2.75, 3.05) is 0 Å². The Hall–Kier alpha value is -3.77. The molecule has 1 heterocycles. The predicted octanol–water partition coefficient (Wildman–Crippen LogP) is 5.44. The van der Waals surface area contributed by atoms with Gasteiger partial charge in [0.25, 0.3) is 11.8 Å². The summed E-state index contributed by atoms with van der Waals surface area (Å²) in [6.45, 7) is 6.38. The number of hydrogen-bond donors (Lipinski definition) is 2.